The van der Waals surface area contributed by atoms with Crippen molar-refractivity contribution in [3.8, 4) is 11.5 Å². The molecule has 0 fully saturated rings. The number of benzene rings is 2. The SMILES string of the molecule is COc1ccc(CCNC(=O)[C@@H](C)NC(=O)c2ccc(Cl)cc2)cc1OC. The van der Waals surface area contributed by atoms with Crippen LogP contribution < -0.4 is 20.1 Å². The number of hydrogen-bond acceptors (Lipinski definition) is 4. The molecule has 7 heteroatoms. The maximum Gasteiger partial charge on any atom is 0.251 e. The predicted molar refractivity (Wildman–Crippen MR) is 105 cm³/mol. The molecule has 2 aromatic rings. The van der Waals surface area contributed by atoms with Gasteiger partial charge in [-0.05, 0) is 55.3 Å². The van der Waals surface area contributed by atoms with Crippen LogP contribution in [-0.2, 0) is 11.2 Å². The Balaban J connectivity index is 1.82. The summed E-state index contributed by atoms with van der Waals surface area (Å²) >= 11 is 5.81. The molecule has 0 saturated carbocycles. The zero-order valence-electron chi connectivity index (χ0n) is 15.5. The van der Waals surface area contributed by atoms with Crippen molar-refractivity contribution in [2.75, 3.05) is 20.8 Å². The van der Waals surface area contributed by atoms with Crippen LogP contribution in [0.3, 0.4) is 0 Å². The molecule has 6 nitrogen and oxygen atoms in total. The molecular formula is C20H23ClN2O4. The second kappa shape index (κ2) is 9.83. The van der Waals surface area contributed by atoms with Gasteiger partial charge in [0.15, 0.2) is 11.5 Å². The Morgan fingerprint density at radius 1 is 1.04 bits per heavy atom. The van der Waals surface area contributed by atoms with Crippen molar-refractivity contribution in [1.82, 2.24) is 10.6 Å². The molecule has 0 saturated heterocycles. The second-order valence-corrected chi connectivity index (χ2v) is 6.37. The van der Waals surface area contributed by atoms with E-state index in [4.69, 9.17) is 21.1 Å². The zero-order valence-corrected chi connectivity index (χ0v) is 16.3. The summed E-state index contributed by atoms with van der Waals surface area (Å²) in [4.78, 5) is 24.3. The highest BCUT2D eigenvalue weighted by molar-refractivity contribution is 6.30. The van der Waals surface area contributed by atoms with Gasteiger partial charge in [0.25, 0.3) is 5.91 Å². The molecule has 0 aliphatic carbocycles. The minimum absolute atomic E-state index is 0.252. The summed E-state index contributed by atoms with van der Waals surface area (Å²) in [5, 5.41) is 6.03. The third-order valence-electron chi connectivity index (χ3n) is 4.01. The third-order valence-corrected chi connectivity index (χ3v) is 4.26. The van der Waals surface area contributed by atoms with Crippen LogP contribution in [0.15, 0.2) is 42.5 Å². The maximum absolute atomic E-state index is 12.2. The zero-order chi connectivity index (χ0) is 19.8. The van der Waals surface area contributed by atoms with E-state index in [-0.39, 0.29) is 11.8 Å². The monoisotopic (exact) mass is 390 g/mol. The van der Waals surface area contributed by atoms with Crippen LogP contribution >= 0.6 is 11.6 Å². The topological polar surface area (TPSA) is 76.7 Å². The van der Waals surface area contributed by atoms with Crippen LogP contribution in [0, 0.1) is 0 Å². The molecule has 0 aliphatic rings. The van der Waals surface area contributed by atoms with Crippen LogP contribution in [0.5, 0.6) is 11.5 Å². The molecule has 0 radical (unpaired) electrons. The van der Waals surface area contributed by atoms with Gasteiger partial charge in [0.1, 0.15) is 6.04 Å². The Kier molecular flexibility index (Phi) is 7.49. The molecule has 0 heterocycles. The van der Waals surface area contributed by atoms with Gasteiger partial charge in [-0.25, -0.2) is 0 Å². The van der Waals surface area contributed by atoms with Crippen LogP contribution in [0.25, 0.3) is 0 Å². The summed E-state index contributed by atoms with van der Waals surface area (Å²) in [5.74, 6) is 0.723. The Hall–Kier alpha value is -2.73. The number of amides is 2. The van der Waals surface area contributed by atoms with Gasteiger partial charge in [-0.1, -0.05) is 17.7 Å². The van der Waals surface area contributed by atoms with Crippen LogP contribution in [0.1, 0.15) is 22.8 Å². The summed E-state index contributed by atoms with van der Waals surface area (Å²) in [7, 11) is 3.16. The van der Waals surface area contributed by atoms with Gasteiger partial charge in [0.2, 0.25) is 5.91 Å². The Bertz CT molecular complexity index is 793. The second-order valence-electron chi connectivity index (χ2n) is 5.93. The quantitative estimate of drug-likeness (QED) is 0.726. The van der Waals surface area contributed by atoms with E-state index in [1.165, 1.54) is 0 Å². The predicted octanol–water partition coefficient (Wildman–Crippen LogP) is 2.83. The minimum Gasteiger partial charge on any atom is -0.493 e. The molecule has 0 aromatic heterocycles. The summed E-state index contributed by atoms with van der Waals surface area (Å²) in [6.07, 6.45) is 0.629. The lowest BCUT2D eigenvalue weighted by Crippen LogP contribution is -2.45. The van der Waals surface area contributed by atoms with Gasteiger partial charge in [-0.15, -0.1) is 0 Å². The van der Waals surface area contributed by atoms with E-state index < -0.39 is 6.04 Å². The van der Waals surface area contributed by atoms with Crippen molar-refractivity contribution in [2.45, 2.75) is 19.4 Å². The van der Waals surface area contributed by atoms with Gasteiger partial charge in [-0.3, -0.25) is 9.59 Å². The first kappa shape index (κ1) is 20.6. The maximum atomic E-state index is 12.2. The number of rotatable bonds is 8. The number of methoxy groups -OCH3 is 2. The molecule has 0 aliphatic heterocycles. The highest BCUT2D eigenvalue weighted by atomic mass is 35.5. The van der Waals surface area contributed by atoms with E-state index in [1.807, 2.05) is 18.2 Å². The van der Waals surface area contributed by atoms with Crippen molar-refractivity contribution in [2.24, 2.45) is 0 Å². The Labute approximate surface area is 163 Å². The molecule has 0 spiro atoms. The molecule has 2 amide bonds. The molecule has 144 valence electrons. The molecule has 0 bridgehead atoms. The van der Waals surface area contributed by atoms with Crippen LogP contribution in [0.2, 0.25) is 5.02 Å². The van der Waals surface area contributed by atoms with E-state index in [2.05, 4.69) is 10.6 Å². The largest absolute Gasteiger partial charge is 0.493 e. The lowest BCUT2D eigenvalue weighted by Gasteiger charge is -2.14. The van der Waals surface area contributed by atoms with E-state index in [0.29, 0.717) is 35.1 Å². The standard InChI is InChI=1S/C20H23ClN2O4/c1-13(23-20(25)15-5-7-16(21)8-6-15)19(24)22-11-10-14-4-9-17(26-2)18(12-14)27-3/h4-9,12-13H,10-11H2,1-3H3,(H,22,24)(H,23,25)/t13-/m1/s1. The van der Waals surface area contributed by atoms with E-state index >= 15 is 0 Å². The fourth-order valence-corrected chi connectivity index (χ4v) is 2.59. The van der Waals surface area contributed by atoms with E-state index in [0.717, 1.165) is 5.56 Å². The average Bonchev–Trinajstić information content (AvgIpc) is 2.68. The number of carbonyl (C=O) groups is 2. The van der Waals surface area contributed by atoms with Crippen molar-refractivity contribution < 1.29 is 19.1 Å². The lowest BCUT2D eigenvalue weighted by molar-refractivity contribution is -0.122. The van der Waals surface area contributed by atoms with Gasteiger partial charge in [-0.2, -0.15) is 0 Å². The molecule has 1 atom stereocenters. The highest BCUT2D eigenvalue weighted by Crippen LogP contribution is 2.27. The van der Waals surface area contributed by atoms with Crippen molar-refractivity contribution in [1.29, 1.82) is 0 Å². The molecule has 0 unspecified atom stereocenters. The first-order valence-corrected chi connectivity index (χ1v) is 8.87. The smallest absolute Gasteiger partial charge is 0.251 e. The van der Waals surface area contributed by atoms with Crippen molar-refractivity contribution >= 4 is 23.4 Å². The fraction of sp³-hybridized carbons (Fsp3) is 0.300. The minimum atomic E-state index is -0.654. The van der Waals surface area contributed by atoms with Gasteiger partial charge < -0.3 is 20.1 Å². The van der Waals surface area contributed by atoms with Crippen LogP contribution in [0.4, 0.5) is 0 Å². The molecule has 2 rings (SSSR count). The third kappa shape index (κ3) is 5.89. The summed E-state index contributed by atoms with van der Waals surface area (Å²) in [5.41, 5.74) is 1.45. The highest BCUT2D eigenvalue weighted by Gasteiger charge is 2.16. The van der Waals surface area contributed by atoms with Crippen molar-refractivity contribution in [3.05, 3.63) is 58.6 Å². The average molecular weight is 391 g/mol. The molecule has 2 aromatic carbocycles. The number of nitrogens with one attached hydrogen (secondary N) is 2. The van der Waals surface area contributed by atoms with E-state index in [9.17, 15) is 9.59 Å². The summed E-state index contributed by atoms with van der Waals surface area (Å²) in [6, 6.07) is 11.4. The number of ether oxygens (including phenoxy) is 2. The van der Waals surface area contributed by atoms with Crippen LogP contribution in [-0.4, -0.2) is 38.6 Å². The summed E-state index contributed by atoms with van der Waals surface area (Å²) in [6.45, 7) is 2.08. The summed E-state index contributed by atoms with van der Waals surface area (Å²) < 4.78 is 10.5. The number of carbonyl (C=O) groups excluding carboxylic acids is 2. The normalized spacial score (nSPS) is 11.4. The van der Waals surface area contributed by atoms with Crippen molar-refractivity contribution in [3.63, 3.8) is 0 Å². The number of hydrogen-bond donors (Lipinski definition) is 2. The van der Waals surface area contributed by atoms with Gasteiger partial charge in [0, 0.05) is 17.1 Å². The van der Waals surface area contributed by atoms with Gasteiger partial charge in [0.05, 0.1) is 14.2 Å². The van der Waals surface area contributed by atoms with Gasteiger partial charge >= 0.3 is 0 Å². The first-order chi connectivity index (χ1) is 12.9. The molecule has 27 heavy (non-hydrogen) atoms. The first-order valence-electron chi connectivity index (χ1n) is 8.49. The van der Waals surface area contributed by atoms with E-state index in [1.54, 1.807) is 45.4 Å². The molecule has 2 N–H and O–H groups in total. The number of halogens is 1. The lowest BCUT2D eigenvalue weighted by atomic mass is 10.1. The molecular weight excluding hydrogens is 368 g/mol. The Morgan fingerprint density at radius 2 is 1.70 bits per heavy atom. The Morgan fingerprint density at radius 3 is 2.33 bits per heavy atom. The fourth-order valence-electron chi connectivity index (χ4n) is 2.47.